The van der Waals surface area contributed by atoms with E-state index >= 15 is 0 Å². The molecule has 28 heavy (non-hydrogen) atoms. The summed E-state index contributed by atoms with van der Waals surface area (Å²) in [6.07, 6.45) is 0.914. The highest BCUT2D eigenvalue weighted by atomic mass is 79.9. The van der Waals surface area contributed by atoms with Gasteiger partial charge in [0.25, 0.3) is 5.91 Å². The number of halogens is 1. The molecule has 1 amide bonds. The van der Waals surface area contributed by atoms with Crippen LogP contribution in [0.1, 0.15) is 28.4 Å². The van der Waals surface area contributed by atoms with E-state index in [1.54, 1.807) is 16.2 Å². The van der Waals surface area contributed by atoms with Crippen molar-refractivity contribution in [2.75, 3.05) is 4.90 Å². The van der Waals surface area contributed by atoms with Crippen molar-refractivity contribution in [3.05, 3.63) is 94.0 Å². The second kappa shape index (κ2) is 8.25. The molecule has 1 heterocycles. The smallest absolute Gasteiger partial charge is 0.261 e. The van der Waals surface area contributed by atoms with Crippen LogP contribution in [0.3, 0.4) is 0 Å². The SMILES string of the molecule is CCc1cccc2sc(N(Cc3ccccc3)C(=O)c3ccccc3Br)nc12. The zero-order valence-electron chi connectivity index (χ0n) is 15.4. The first-order valence-electron chi connectivity index (χ1n) is 9.16. The molecule has 0 bridgehead atoms. The number of benzene rings is 3. The molecular formula is C23H19BrN2OS. The van der Waals surface area contributed by atoms with Crippen LogP contribution in [-0.4, -0.2) is 10.9 Å². The number of rotatable bonds is 5. The normalized spacial score (nSPS) is 10.9. The summed E-state index contributed by atoms with van der Waals surface area (Å²) in [5.74, 6) is -0.0616. The molecule has 0 saturated heterocycles. The van der Waals surface area contributed by atoms with E-state index < -0.39 is 0 Å². The van der Waals surface area contributed by atoms with Crippen molar-refractivity contribution in [2.45, 2.75) is 19.9 Å². The fourth-order valence-electron chi connectivity index (χ4n) is 3.17. The van der Waals surface area contributed by atoms with E-state index in [2.05, 4.69) is 41.1 Å². The minimum absolute atomic E-state index is 0.0616. The van der Waals surface area contributed by atoms with Crippen LogP contribution in [0, 0.1) is 0 Å². The highest BCUT2D eigenvalue weighted by Gasteiger charge is 2.23. The minimum Gasteiger partial charge on any atom is -0.279 e. The fraction of sp³-hybridized carbons (Fsp3) is 0.130. The molecule has 0 aliphatic carbocycles. The Morgan fingerprint density at radius 3 is 2.50 bits per heavy atom. The number of amides is 1. The molecule has 1 aromatic heterocycles. The molecule has 0 spiro atoms. The van der Waals surface area contributed by atoms with Crippen molar-refractivity contribution in [2.24, 2.45) is 0 Å². The molecule has 0 N–H and O–H groups in total. The maximum Gasteiger partial charge on any atom is 0.261 e. The van der Waals surface area contributed by atoms with Crippen LogP contribution in [0.4, 0.5) is 5.13 Å². The lowest BCUT2D eigenvalue weighted by Crippen LogP contribution is -2.30. The largest absolute Gasteiger partial charge is 0.279 e. The third-order valence-electron chi connectivity index (χ3n) is 4.64. The summed E-state index contributed by atoms with van der Waals surface area (Å²) in [4.78, 5) is 20.1. The van der Waals surface area contributed by atoms with E-state index in [0.717, 1.165) is 31.8 Å². The van der Waals surface area contributed by atoms with Gasteiger partial charge in [0.05, 0.1) is 22.3 Å². The summed E-state index contributed by atoms with van der Waals surface area (Å²) < 4.78 is 1.89. The predicted molar refractivity (Wildman–Crippen MR) is 120 cm³/mol. The maximum absolute atomic E-state index is 13.5. The van der Waals surface area contributed by atoms with Gasteiger partial charge in [0.2, 0.25) is 0 Å². The Hall–Kier alpha value is -2.50. The number of anilines is 1. The molecule has 0 aliphatic heterocycles. The van der Waals surface area contributed by atoms with Gasteiger partial charge in [-0.3, -0.25) is 9.69 Å². The number of para-hydroxylation sites is 1. The Kier molecular flexibility index (Phi) is 5.55. The van der Waals surface area contributed by atoms with Crippen LogP contribution in [0.5, 0.6) is 0 Å². The quantitative estimate of drug-likeness (QED) is 0.349. The lowest BCUT2D eigenvalue weighted by Gasteiger charge is -2.20. The zero-order valence-corrected chi connectivity index (χ0v) is 17.8. The molecule has 3 nitrogen and oxygen atoms in total. The van der Waals surface area contributed by atoms with Crippen LogP contribution in [0.25, 0.3) is 10.2 Å². The Labute approximate surface area is 176 Å². The first-order valence-corrected chi connectivity index (χ1v) is 10.8. The molecule has 0 unspecified atom stereocenters. The van der Waals surface area contributed by atoms with Gasteiger partial charge in [-0.25, -0.2) is 4.98 Å². The van der Waals surface area contributed by atoms with Crippen molar-refractivity contribution >= 4 is 48.5 Å². The van der Waals surface area contributed by atoms with E-state index in [4.69, 9.17) is 4.98 Å². The van der Waals surface area contributed by atoms with Gasteiger partial charge >= 0.3 is 0 Å². The van der Waals surface area contributed by atoms with Gasteiger partial charge in [0.15, 0.2) is 5.13 Å². The van der Waals surface area contributed by atoms with E-state index in [9.17, 15) is 4.79 Å². The molecule has 0 saturated carbocycles. The average Bonchev–Trinajstić information content (AvgIpc) is 3.16. The van der Waals surface area contributed by atoms with Crippen molar-refractivity contribution in [3.8, 4) is 0 Å². The summed E-state index contributed by atoms with van der Waals surface area (Å²) in [5, 5.41) is 0.723. The molecule has 0 aliphatic rings. The monoisotopic (exact) mass is 450 g/mol. The van der Waals surface area contributed by atoms with Gasteiger partial charge in [-0.15, -0.1) is 0 Å². The molecule has 3 aromatic carbocycles. The Morgan fingerprint density at radius 1 is 1.00 bits per heavy atom. The zero-order chi connectivity index (χ0) is 19.5. The standard InChI is InChI=1S/C23H19BrN2OS/c1-2-17-11-8-14-20-21(17)25-23(28-20)26(15-16-9-4-3-5-10-16)22(27)18-12-6-7-13-19(18)24/h3-14H,2,15H2,1H3. The second-order valence-electron chi connectivity index (χ2n) is 6.47. The van der Waals surface area contributed by atoms with Crippen molar-refractivity contribution < 1.29 is 4.79 Å². The van der Waals surface area contributed by atoms with E-state index in [1.165, 1.54) is 5.56 Å². The number of nitrogens with zero attached hydrogens (tertiary/aromatic N) is 2. The van der Waals surface area contributed by atoms with Crippen molar-refractivity contribution in [1.29, 1.82) is 0 Å². The summed E-state index contributed by atoms with van der Waals surface area (Å²) in [5.41, 5.74) is 3.89. The molecule has 0 atom stereocenters. The van der Waals surface area contributed by atoms with Gasteiger partial charge in [0, 0.05) is 4.47 Å². The fourth-order valence-corrected chi connectivity index (χ4v) is 4.63. The molecule has 140 valence electrons. The maximum atomic E-state index is 13.5. The van der Waals surface area contributed by atoms with Crippen molar-refractivity contribution in [1.82, 2.24) is 4.98 Å². The van der Waals surface area contributed by atoms with Crippen LogP contribution in [0.2, 0.25) is 0 Å². The summed E-state index contributed by atoms with van der Waals surface area (Å²) in [7, 11) is 0. The number of hydrogen-bond donors (Lipinski definition) is 0. The van der Waals surface area contributed by atoms with E-state index in [1.807, 2.05) is 54.6 Å². The Balaban J connectivity index is 1.81. The first-order chi connectivity index (χ1) is 13.7. The molecular weight excluding hydrogens is 432 g/mol. The van der Waals surface area contributed by atoms with E-state index in [-0.39, 0.29) is 5.91 Å². The third-order valence-corrected chi connectivity index (χ3v) is 6.37. The molecule has 4 aromatic rings. The van der Waals surface area contributed by atoms with Gasteiger partial charge in [-0.2, -0.15) is 0 Å². The number of aromatic nitrogens is 1. The second-order valence-corrected chi connectivity index (χ2v) is 8.33. The van der Waals surface area contributed by atoms with Crippen LogP contribution < -0.4 is 4.90 Å². The van der Waals surface area contributed by atoms with Crippen LogP contribution in [0.15, 0.2) is 77.3 Å². The molecule has 0 radical (unpaired) electrons. The van der Waals surface area contributed by atoms with Gasteiger partial charge in [-0.1, -0.05) is 72.9 Å². The number of carbonyl (C=O) groups excluding carboxylic acids is 1. The van der Waals surface area contributed by atoms with Crippen LogP contribution in [-0.2, 0) is 13.0 Å². The van der Waals surface area contributed by atoms with Crippen LogP contribution >= 0.6 is 27.3 Å². The minimum atomic E-state index is -0.0616. The topological polar surface area (TPSA) is 33.2 Å². The lowest BCUT2D eigenvalue weighted by molar-refractivity contribution is 0.0984. The number of hydrogen-bond acceptors (Lipinski definition) is 3. The van der Waals surface area contributed by atoms with Gasteiger partial charge in [0.1, 0.15) is 0 Å². The van der Waals surface area contributed by atoms with Gasteiger partial charge in [-0.05, 0) is 51.7 Å². The third kappa shape index (κ3) is 3.73. The predicted octanol–water partition coefficient (Wildman–Crippen LogP) is 6.47. The Bertz CT molecular complexity index is 1120. The first kappa shape index (κ1) is 18.8. The average molecular weight is 451 g/mol. The van der Waals surface area contributed by atoms with Gasteiger partial charge < -0.3 is 0 Å². The molecule has 0 fully saturated rings. The summed E-state index contributed by atoms with van der Waals surface area (Å²) >= 11 is 5.08. The number of carbonyl (C=O) groups is 1. The summed E-state index contributed by atoms with van der Waals surface area (Å²) in [6.45, 7) is 2.60. The number of fused-ring (bicyclic) bond motifs is 1. The number of thiazole rings is 1. The highest BCUT2D eigenvalue weighted by Crippen LogP contribution is 2.33. The molecule has 4 rings (SSSR count). The highest BCUT2D eigenvalue weighted by molar-refractivity contribution is 9.10. The lowest BCUT2D eigenvalue weighted by atomic mass is 10.1. The summed E-state index contributed by atoms with van der Waals surface area (Å²) in [6, 6.07) is 23.8. The Morgan fingerprint density at radius 2 is 1.75 bits per heavy atom. The molecule has 5 heteroatoms. The van der Waals surface area contributed by atoms with Crippen molar-refractivity contribution in [3.63, 3.8) is 0 Å². The van der Waals surface area contributed by atoms with E-state index in [0.29, 0.717) is 12.1 Å². The number of aryl methyl sites for hydroxylation is 1.